The second-order valence-electron chi connectivity index (χ2n) is 10.9. The molecule has 40 heavy (non-hydrogen) atoms. The monoisotopic (exact) mass is 576 g/mol. The van der Waals surface area contributed by atoms with E-state index in [-0.39, 0.29) is 30.6 Å². The fourth-order valence-electron chi connectivity index (χ4n) is 4.66. The summed E-state index contributed by atoms with van der Waals surface area (Å²) in [5.41, 5.74) is -2.80. The molecule has 1 aliphatic rings. The second-order valence-corrected chi connectivity index (χ2v) is 10.9. The molecule has 0 aliphatic carbocycles. The van der Waals surface area contributed by atoms with Crippen LogP contribution >= 0.6 is 0 Å². The van der Waals surface area contributed by atoms with Crippen LogP contribution in [0.1, 0.15) is 67.3 Å². The summed E-state index contributed by atoms with van der Waals surface area (Å²) in [7, 11) is 0. The molecule has 0 N–H and O–H groups in total. The molecule has 3 amide bonds. The zero-order chi connectivity index (χ0) is 30.0. The van der Waals surface area contributed by atoms with Crippen molar-refractivity contribution >= 4 is 12.1 Å². The summed E-state index contributed by atoms with van der Waals surface area (Å²) in [6, 6.07) is 4.73. The number of hydrogen-bond donors (Lipinski definition) is 0. The van der Waals surface area contributed by atoms with Crippen molar-refractivity contribution in [3.63, 3.8) is 0 Å². The Morgan fingerprint density at radius 2 is 1.57 bits per heavy atom. The van der Waals surface area contributed by atoms with Crippen molar-refractivity contribution < 1.29 is 45.1 Å². The van der Waals surface area contributed by atoms with Crippen molar-refractivity contribution in [3.05, 3.63) is 70.0 Å². The molecule has 0 radical (unpaired) electrons. The zero-order valence-electron chi connectivity index (χ0n) is 22.5. The Balaban J connectivity index is 1.88. The molecule has 0 spiro atoms. The molecule has 1 fully saturated rings. The number of carbonyl (C=O) groups is 2. The molecule has 2 aromatic carbocycles. The van der Waals surface area contributed by atoms with Gasteiger partial charge in [0.1, 0.15) is 11.4 Å². The van der Waals surface area contributed by atoms with E-state index < -0.39 is 60.0 Å². The zero-order valence-corrected chi connectivity index (χ0v) is 22.5. The Labute approximate surface area is 227 Å². The minimum atomic E-state index is -5.03. The summed E-state index contributed by atoms with van der Waals surface area (Å²) >= 11 is 0. The minimum Gasteiger partial charge on any atom is -0.443 e. The number of piperidine rings is 1. The summed E-state index contributed by atoms with van der Waals surface area (Å²) < 4.78 is 98.8. The van der Waals surface area contributed by atoms with Gasteiger partial charge in [-0.05, 0) is 94.0 Å². The second kappa shape index (κ2) is 11.7. The van der Waals surface area contributed by atoms with Gasteiger partial charge in [0.05, 0.1) is 11.1 Å². The molecule has 0 saturated carbocycles. The van der Waals surface area contributed by atoms with E-state index in [9.17, 15) is 40.3 Å². The van der Waals surface area contributed by atoms with Crippen LogP contribution in [0.15, 0.2) is 36.4 Å². The topological polar surface area (TPSA) is 49.9 Å². The Hall–Kier alpha value is -3.31. The molecular formula is C28H31F7N2O3. The molecular weight excluding hydrogens is 545 g/mol. The lowest BCUT2D eigenvalue weighted by Crippen LogP contribution is -2.51. The van der Waals surface area contributed by atoms with Crippen LogP contribution in [0.4, 0.5) is 40.3 Å². The number of imide groups is 1. The third-order valence-electron chi connectivity index (χ3n) is 6.48. The number of halogens is 7. The standard InChI is InChI=1S/C28H31F7N2O3/c1-17-12-22(29)7-8-23(17)19-6-5-10-36(16-19)24(38)37(25(39)40-26(2,3)4)11-9-18-13-20(27(30,31)32)15-21(14-18)28(33,34)35/h7-8,12-15,19H,5-6,9-11,16H2,1-4H3. The summed E-state index contributed by atoms with van der Waals surface area (Å²) in [6.07, 6.45) is -10.3. The average molecular weight is 577 g/mol. The number of ether oxygens (including phenoxy) is 1. The predicted molar refractivity (Wildman–Crippen MR) is 133 cm³/mol. The molecule has 1 aliphatic heterocycles. The van der Waals surface area contributed by atoms with Gasteiger partial charge < -0.3 is 9.64 Å². The van der Waals surface area contributed by atoms with E-state index in [1.54, 1.807) is 33.8 Å². The van der Waals surface area contributed by atoms with E-state index in [4.69, 9.17) is 4.74 Å². The highest BCUT2D eigenvalue weighted by Gasteiger charge is 2.38. The first-order valence-corrected chi connectivity index (χ1v) is 12.7. The molecule has 1 heterocycles. The van der Waals surface area contributed by atoms with E-state index in [0.717, 1.165) is 5.56 Å². The minimum absolute atomic E-state index is 0.0194. The van der Waals surface area contributed by atoms with Gasteiger partial charge >= 0.3 is 24.5 Å². The van der Waals surface area contributed by atoms with Crippen molar-refractivity contribution in [2.24, 2.45) is 0 Å². The quantitative estimate of drug-likeness (QED) is 0.347. The molecule has 0 aromatic heterocycles. The van der Waals surface area contributed by atoms with Crippen molar-refractivity contribution in [1.82, 2.24) is 9.80 Å². The Morgan fingerprint density at radius 1 is 0.975 bits per heavy atom. The van der Waals surface area contributed by atoms with Crippen LogP contribution < -0.4 is 0 Å². The Kier molecular flexibility index (Phi) is 9.10. The molecule has 12 heteroatoms. The summed E-state index contributed by atoms with van der Waals surface area (Å²) in [4.78, 5) is 28.7. The first-order chi connectivity index (χ1) is 18.3. The van der Waals surface area contributed by atoms with E-state index in [1.807, 2.05) is 0 Å². The van der Waals surface area contributed by atoms with Crippen molar-refractivity contribution in [3.8, 4) is 0 Å². The lowest BCUT2D eigenvalue weighted by Gasteiger charge is -2.37. The van der Waals surface area contributed by atoms with Gasteiger partial charge in [-0.1, -0.05) is 6.07 Å². The van der Waals surface area contributed by atoms with Crippen LogP contribution in [0.3, 0.4) is 0 Å². The molecule has 0 bridgehead atoms. The van der Waals surface area contributed by atoms with E-state index in [1.165, 1.54) is 17.0 Å². The van der Waals surface area contributed by atoms with Gasteiger partial charge in [0.25, 0.3) is 0 Å². The van der Waals surface area contributed by atoms with Gasteiger partial charge in [-0.15, -0.1) is 0 Å². The van der Waals surface area contributed by atoms with Gasteiger partial charge in [0.2, 0.25) is 0 Å². The molecule has 220 valence electrons. The number of amides is 3. The normalized spacial score (nSPS) is 16.6. The highest BCUT2D eigenvalue weighted by atomic mass is 19.4. The number of likely N-dealkylation sites (tertiary alicyclic amines) is 1. The summed E-state index contributed by atoms with van der Waals surface area (Å²) in [6.45, 7) is 6.38. The lowest BCUT2D eigenvalue weighted by molar-refractivity contribution is -0.143. The van der Waals surface area contributed by atoms with Crippen molar-refractivity contribution in [1.29, 1.82) is 0 Å². The summed E-state index contributed by atoms with van der Waals surface area (Å²) in [5, 5.41) is 0. The maximum atomic E-state index is 13.6. The van der Waals surface area contributed by atoms with E-state index in [0.29, 0.717) is 35.4 Å². The molecule has 5 nitrogen and oxygen atoms in total. The van der Waals surface area contributed by atoms with Crippen LogP contribution in [0.5, 0.6) is 0 Å². The number of rotatable bonds is 4. The van der Waals surface area contributed by atoms with Crippen LogP contribution in [0, 0.1) is 12.7 Å². The SMILES string of the molecule is Cc1cc(F)ccc1C1CCCN(C(=O)N(CCc2cc(C(F)(F)F)cc(C(F)(F)F)c2)C(=O)OC(C)(C)C)C1. The van der Waals surface area contributed by atoms with Crippen LogP contribution in [0.2, 0.25) is 0 Å². The van der Waals surface area contributed by atoms with Gasteiger partial charge in [0.15, 0.2) is 0 Å². The number of hydrogen-bond acceptors (Lipinski definition) is 3. The third-order valence-corrected chi connectivity index (χ3v) is 6.48. The van der Waals surface area contributed by atoms with Crippen molar-refractivity contribution in [2.75, 3.05) is 19.6 Å². The summed E-state index contributed by atoms with van der Waals surface area (Å²) in [5.74, 6) is -0.555. The maximum Gasteiger partial charge on any atom is 0.418 e. The van der Waals surface area contributed by atoms with Gasteiger partial charge in [-0.2, -0.15) is 26.3 Å². The number of aryl methyl sites for hydroxylation is 1. The molecule has 1 unspecified atom stereocenters. The first kappa shape index (κ1) is 31.2. The molecule has 1 saturated heterocycles. The van der Waals surface area contributed by atoms with Gasteiger partial charge in [0, 0.05) is 25.6 Å². The van der Waals surface area contributed by atoms with Gasteiger partial charge in [-0.25, -0.2) is 18.9 Å². The largest absolute Gasteiger partial charge is 0.443 e. The number of benzene rings is 2. The Bertz CT molecular complexity index is 1200. The van der Waals surface area contributed by atoms with E-state index >= 15 is 0 Å². The maximum absolute atomic E-state index is 13.6. The highest BCUT2D eigenvalue weighted by molar-refractivity contribution is 5.91. The van der Waals surface area contributed by atoms with Crippen LogP contribution in [-0.4, -0.2) is 47.2 Å². The number of alkyl halides is 6. The van der Waals surface area contributed by atoms with Gasteiger partial charge in [-0.3, -0.25) is 0 Å². The first-order valence-electron chi connectivity index (χ1n) is 12.7. The molecule has 2 aromatic rings. The van der Waals surface area contributed by atoms with E-state index in [2.05, 4.69) is 0 Å². The Morgan fingerprint density at radius 3 is 2.10 bits per heavy atom. The number of carbonyl (C=O) groups excluding carboxylic acids is 2. The predicted octanol–water partition coefficient (Wildman–Crippen LogP) is 7.95. The van der Waals surface area contributed by atoms with Crippen LogP contribution in [0.25, 0.3) is 0 Å². The lowest BCUT2D eigenvalue weighted by atomic mass is 9.88. The molecule has 3 rings (SSSR count). The molecule has 1 atom stereocenters. The van der Waals surface area contributed by atoms with Crippen LogP contribution in [-0.2, 0) is 23.5 Å². The fraction of sp³-hybridized carbons (Fsp3) is 0.500. The fourth-order valence-corrected chi connectivity index (χ4v) is 4.66. The number of nitrogens with zero attached hydrogens (tertiary/aromatic N) is 2. The smallest absolute Gasteiger partial charge is 0.418 e. The average Bonchev–Trinajstić information content (AvgIpc) is 2.81. The highest BCUT2D eigenvalue weighted by Crippen LogP contribution is 2.36. The van der Waals surface area contributed by atoms with Crippen molar-refractivity contribution in [2.45, 2.75) is 70.8 Å². The third kappa shape index (κ3) is 8.11. The number of urea groups is 1.